The molecule has 1 amide bonds. The molecule has 2 aromatic carbocycles. The summed E-state index contributed by atoms with van der Waals surface area (Å²) >= 11 is 0. The standard InChI is InChI=1S/C21H27N3O2/c1-26-20-8-4-3-7-18(20)19(24-13-5-2-6-14-24)15-23-21(25)16-9-11-17(22)12-10-16/h3-4,7-12,19H,2,5-6,13-15,22H2,1H3,(H,23,25). The lowest BCUT2D eigenvalue weighted by molar-refractivity contribution is 0.0923. The second kappa shape index (κ2) is 8.72. The van der Waals surface area contributed by atoms with Crippen LogP contribution in [0.15, 0.2) is 48.5 Å². The molecule has 0 aromatic heterocycles. The topological polar surface area (TPSA) is 67.6 Å². The fourth-order valence-electron chi connectivity index (χ4n) is 3.53. The van der Waals surface area contributed by atoms with Gasteiger partial charge >= 0.3 is 0 Å². The molecule has 0 aliphatic carbocycles. The molecule has 1 heterocycles. The summed E-state index contributed by atoms with van der Waals surface area (Å²) in [5.74, 6) is 0.784. The third-order valence-electron chi connectivity index (χ3n) is 4.96. The first-order chi connectivity index (χ1) is 12.7. The van der Waals surface area contributed by atoms with Crippen molar-refractivity contribution in [1.29, 1.82) is 0 Å². The van der Waals surface area contributed by atoms with Crippen molar-refractivity contribution < 1.29 is 9.53 Å². The number of carbonyl (C=O) groups is 1. The summed E-state index contributed by atoms with van der Waals surface area (Å²) in [4.78, 5) is 15.0. The van der Waals surface area contributed by atoms with Crippen LogP contribution in [0.5, 0.6) is 5.75 Å². The number of nitrogen functional groups attached to an aromatic ring is 1. The van der Waals surface area contributed by atoms with Crippen molar-refractivity contribution in [2.75, 3.05) is 32.5 Å². The molecule has 1 unspecified atom stereocenters. The lowest BCUT2D eigenvalue weighted by Gasteiger charge is -2.35. The summed E-state index contributed by atoms with van der Waals surface area (Å²) in [5.41, 5.74) is 8.10. The zero-order valence-corrected chi connectivity index (χ0v) is 15.3. The van der Waals surface area contributed by atoms with E-state index in [2.05, 4.69) is 16.3 Å². The summed E-state index contributed by atoms with van der Waals surface area (Å²) in [5, 5.41) is 3.09. The minimum Gasteiger partial charge on any atom is -0.496 e. The average molecular weight is 353 g/mol. The molecule has 3 N–H and O–H groups in total. The zero-order valence-electron chi connectivity index (χ0n) is 15.3. The van der Waals surface area contributed by atoms with Crippen LogP contribution in [0.25, 0.3) is 0 Å². The third-order valence-corrected chi connectivity index (χ3v) is 4.96. The van der Waals surface area contributed by atoms with Gasteiger partial charge in [0.15, 0.2) is 0 Å². The molecule has 0 radical (unpaired) electrons. The lowest BCUT2D eigenvalue weighted by Crippen LogP contribution is -2.40. The molecule has 1 aliphatic rings. The van der Waals surface area contributed by atoms with Gasteiger partial charge in [-0.2, -0.15) is 0 Å². The highest BCUT2D eigenvalue weighted by atomic mass is 16.5. The third kappa shape index (κ3) is 4.35. The summed E-state index contributed by atoms with van der Waals surface area (Å²) in [6.07, 6.45) is 3.65. The van der Waals surface area contributed by atoms with Crippen LogP contribution in [0.2, 0.25) is 0 Å². The first-order valence-corrected chi connectivity index (χ1v) is 9.20. The van der Waals surface area contributed by atoms with Gasteiger partial charge in [-0.25, -0.2) is 0 Å². The molecule has 0 spiro atoms. The number of ether oxygens (including phenoxy) is 1. The van der Waals surface area contributed by atoms with E-state index in [4.69, 9.17) is 10.5 Å². The Bertz CT molecular complexity index is 724. The largest absolute Gasteiger partial charge is 0.496 e. The van der Waals surface area contributed by atoms with Crippen molar-refractivity contribution in [3.05, 3.63) is 59.7 Å². The Morgan fingerprint density at radius 2 is 1.81 bits per heavy atom. The van der Waals surface area contributed by atoms with E-state index >= 15 is 0 Å². The molecular weight excluding hydrogens is 326 g/mol. The van der Waals surface area contributed by atoms with Gasteiger partial charge in [0.05, 0.1) is 13.2 Å². The molecule has 1 aliphatic heterocycles. The summed E-state index contributed by atoms with van der Waals surface area (Å²) in [6.45, 7) is 2.63. The molecule has 1 atom stereocenters. The first-order valence-electron chi connectivity index (χ1n) is 9.20. The number of hydrogen-bond donors (Lipinski definition) is 2. The molecular formula is C21H27N3O2. The molecule has 26 heavy (non-hydrogen) atoms. The van der Waals surface area contributed by atoms with E-state index in [1.54, 1.807) is 31.4 Å². The fraction of sp³-hybridized carbons (Fsp3) is 0.381. The van der Waals surface area contributed by atoms with Crippen molar-refractivity contribution >= 4 is 11.6 Å². The second-order valence-electron chi connectivity index (χ2n) is 6.69. The number of hydrogen-bond acceptors (Lipinski definition) is 4. The van der Waals surface area contributed by atoms with Crippen LogP contribution in [0.1, 0.15) is 41.2 Å². The summed E-state index contributed by atoms with van der Waals surface area (Å²) < 4.78 is 5.57. The number of methoxy groups -OCH3 is 1. The van der Waals surface area contributed by atoms with E-state index in [1.165, 1.54) is 19.3 Å². The number of nitrogens with zero attached hydrogens (tertiary/aromatic N) is 1. The quantitative estimate of drug-likeness (QED) is 0.783. The monoisotopic (exact) mass is 353 g/mol. The number of piperidine rings is 1. The zero-order chi connectivity index (χ0) is 18.4. The molecule has 5 nitrogen and oxygen atoms in total. The molecule has 5 heteroatoms. The van der Waals surface area contributed by atoms with E-state index in [-0.39, 0.29) is 11.9 Å². The number of anilines is 1. The van der Waals surface area contributed by atoms with Gasteiger partial charge in [0, 0.05) is 23.4 Å². The Hall–Kier alpha value is -2.53. The highest BCUT2D eigenvalue weighted by Crippen LogP contribution is 2.30. The minimum absolute atomic E-state index is 0.0816. The Morgan fingerprint density at radius 1 is 1.12 bits per heavy atom. The first kappa shape index (κ1) is 18.3. The van der Waals surface area contributed by atoms with Crippen molar-refractivity contribution in [3.63, 3.8) is 0 Å². The van der Waals surface area contributed by atoms with E-state index in [9.17, 15) is 4.79 Å². The van der Waals surface area contributed by atoms with Gasteiger partial charge in [-0.3, -0.25) is 9.69 Å². The molecule has 0 bridgehead atoms. The number of nitrogens with one attached hydrogen (secondary N) is 1. The van der Waals surface area contributed by atoms with Crippen molar-refractivity contribution in [2.24, 2.45) is 0 Å². The van der Waals surface area contributed by atoms with Crippen LogP contribution in [0.4, 0.5) is 5.69 Å². The van der Waals surface area contributed by atoms with E-state index in [0.29, 0.717) is 17.8 Å². The number of amides is 1. The smallest absolute Gasteiger partial charge is 0.251 e. The van der Waals surface area contributed by atoms with Crippen molar-refractivity contribution in [3.8, 4) is 5.75 Å². The van der Waals surface area contributed by atoms with Gasteiger partial charge in [-0.15, -0.1) is 0 Å². The Kier molecular flexibility index (Phi) is 6.12. The minimum atomic E-state index is -0.0816. The predicted octanol–water partition coefficient (Wildman–Crippen LogP) is 3.23. The van der Waals surface area contributed by atoms with Crippen LogP contribution in [-0.4, -0.2) is 37.6 Å². The van der Waals surface area contributed by atoms with Gasteiger partial charge in [0.2, 0.25) is 0 Å². The Labute approximate surface area is 155 Å². The van der Waals surface area contributed by atoms with E-state index in [1.807, 2.05) is 18.2 Å². The van der Waals surface area contributed by atoms with Gasteiger partial charge in [-0.1, -0.05) is 24.6 Å². The summed E-state index contributed by atoms with van der Waals surface area (Å²) in [7, 11) is 1.69. The van der Waals surface area contributed by atoms with Crippen LogP contribution >= 0.6 is 0 Å². The van der Waals surface area contributed by atoms with Gasteiger partial charge < -0.3 is 15.8 Å². The van der Waals surface area contributed by atoms with Crippen LogP contribution in [0, 0.1) is 0 Å². The second-order valence-corrected chi connectivity index (χ2v) is 6.69. The van der Waals surface area contributed by atoms with Crippen molar-refractivity contribution in [2.45, 2.75) is 25.3 Å². The molecule has 2 aromatic rings. The lowest BCUT2D eigenvalue weighted by atomic mass is 10.0. The average Bonchev–Trinajstić information content (AvgIpc) is 2.69. The maximum atomic E-state index is 12.5. The molecule has 1 fully saturated rings. The molecule has 1 saturated heterocycles. The van der Waals surface area contributed by atoms with Crippen LogP contribution in [-0.2, 0) is 0 Å². The highest BCUT2D eigenvalue weighted by molar-refractivity contribution is 5.94. The highest BCUT2D eigenvalue weighted by Gasteiger charge is 2.25. The van der Waals surface area contributed by atoms with Crippen LogP contribution in [0.3, 0.4) is 0 Å². The van der Waals surface area contributed by atoms with E-state index < -0.39 is 0 Å². The number of rotatable bonds is 6. The van der Waals surface area contributed by atoms with E-state index in [0.717, 1.165) is 24.4 Å². The number of benzene rings is 2. The molecule has 3 rings (SSSR count). The fourth-order valence-corrected chi connectivity index (χ4v) is 3.53. The SMILES string of the molecule is COc1ccccc1C(CNC(=O)c1ccc(N)cc1)N1CCCCC1. The van der Waals surface area contributed by atoms with Crippen LogP contribution < -0.4 is 15.8 Å². The van der Waals surface area contributed by atoms with Crippen molar-refractivity contribution in [1.82, 2.24) is 10.2 Å². The molecule has 0 saturated carbocycles. The number of para-hydroxylation sites is 1. The Balaban J connectivity index is 1.77. The van der Waals surface area contributed by atoms with Gasteiger partial charge in [0.25, 0.3) is 5.91 Å². The number of carbonyl (C=O) groups excluding carboxylic acids is 1. The maximum Gasteiger partial charge on any atom is 0.251 e. The number of nitrogens with two attached hydrogens (primary N) is 1. The number of likely N-dealkylation sites (tertiary alicyclic amines) is 1. The predicted molar refractivity (Wildman–Crippen MR) is 104 cm³/mol. The van der Waals surface area contributed by atoms with Gasteiger partial charge in [0.1, 0.15) is 5.75 Å². The maximum absolute atomic E-state index is 12.5. The molecule has 138 valence electrons. The van der Waals surface area contributed by atoms with Gasteiger partial charge in [-0.05, 0) is 56.3 Å². The summed E-state index contributed by atoms with van der Waals surface area (Å²) in [6, 6.07) is 15.2. The normalized spacial score (nSPS) is 16.0. The Morgan fingerprint density at radius 3 is 2.50 bits per heavy atom.